The molecule has 2 rings (SSSR count). The van der Waals surface area contributed by atoms with Crippen molar-refractivity contribution in [2.45, 2.75) is 44.0 Å². The van der Waals surface area contributed by atoms with E-state index in [1.807, 2.05) is 0 Å². The third-order valence-corrected chi connectivity index (χ3v) is 3.15. The average Bonchev–Trinajstić information content (AvgIpc) is 2.33. The van der Waals surface area contributed by atoms with E-state index in [0.29, 0.717) is 19.3 Å². The van der Waals surface area contributed by atoms with Crippen LogP contribution in [0, 0.1) is 5.92 Å². The Balaban J connectivity index is 2.26. The molecule has 2 fully saturated rings. The lowest BCUT2D eigenvalue weighted by atomic mass is 9.83. The molecule has 0 aromatic carbocycles. The number of fused-ring (bicyclic) bond motifs is 1. The zero-order chi connectivity index (χ0) is 9.64. The molecule has 2 N–H and O–H groups in total. The Labute approximate surface area is 76.5 Å². The standard InChI is InChI=1S/C9H14O4/c1-5-4-6-7(10)2-3-9(6,12)8(11)13-5/h5-7,10,12H,2-4H2,1H3/t5-,6-,7-,9-/m1/s1. The lowest BCUT2D eigenvalue weighted by molar-refractivity contribution is -0.191. The Morgan fingerprint density at radius 1 is 1.62 bits per heavy atom. The van der Waals surface area contributed by atoms with Gasteiger partial charge in [-0.1, -0.05) is 0 Å². The zero-order valence-electron chi connectivity index (χ0n) is 7.56. The van der Waals surface area contributed by atoms with Gasteiger partial charge in [-0.15, -0.1) is 0 Å². The molecule has 0 unspecified atom stereocenters. The van der Waals surface area contributed by atoms with E-state index in [0.717, 1.165) is 0 Å². The van der Waals surface area contributed by atoms with Gasteiger partial charge in [0.25, 0.3) is 0 Å². The van der Waals surface area contributed by atoms with Crippen LogP contribution in [0.15, 0.2) is 0 Å². The predicted octanol–water partition coefficient (Wildman–Crippen LogP) is -0.176. The van der Waals surface area contributed by atoms with Gasteiger partial charge in [-0.25, -0.2) is 4.79 Å². The number of hydrogen-bond donors (Lipinski definition) is 2. The van der Waals surface area contributed by atoms with Crippen molar-refractivity contribution in [3.8, 4) is 0 Å². The van der Waals surface area contributed by atoms with Gasteiger partial charge in [0.1, 0.15) is 0 Å². The predicted molar refractivity (Wildman–Crippen MR) is 43.9 cm³/mol. The number of cyclic esters (lactones) is 1. The van der Waals surface area contributed by atoms with E-state index in [1.165, 1.54) is 0 Å². The van der Waals surface area contributed by atoms with Crippen molar-refractivity contribution < 1.29 is 19.7 Å². The molecule has 1 heterocycles. The molecule has 0 radical (unpaired) electrons. The van der Waals surface area contributed by atoms with Gasteiger partial charge in [0.2, 0.25) is 0 Å². The third kappa shape index (κ3) is 1.16. The average molecular weight is 186 g/mol. The first-order valence-corrected chi connectivity index (χ1v) is 4.65. The molecule has 0 bridgehead atoms. The number of ether oxygens (including phenoxy) is 1. The minimum Gasteiger partial charge on any atom is -0.461 e. The second kappa shape index (κ2) is 2.69. The summed E-state index contributed by atoms with van der Waals surface area (Å²) in [6.07, 6.45) is 0.627. The summed E-state index contributed by atoms with van der Waals surface area (Å²) in [6.45, 7) is 1.78. The molecule has 0 spiro atoms. The highest BCUT2D eigenvalue weighted by molar-refractivity contribution is 5.81. The number of hydrogen-bond acceptors (Lipinski definition) is 4. The van der Waals surface area contributed by atoms with E-state index in [-0.39, 0.29) is 12.0 Å². The molecule has 0 amide bonds. The van der Waals surface area contributed by atoms with Crippen molar-refractivity contribution in [1.82, 2.24) is 0 Å². The van der Waals surface area contributed by atoms with Crippen molar-refractivity contribution in [2.75, 3.05) is 0 Å². The maximum absolute atomic E-state index is 11.4. The van der Waals surface area contributed by atoms with Crippen molar-refractivity contribution in [3.05, 3.63) is 0 Å². The second-order valence-electron chi connectivity index (χ2n) is 4.09. The van der Waals surface area contributed by atoms with Crippen LogP contribution in [-0.2, 0) is 9.53 Å². The maximum atomic E-state index is 11.4. The van der Waals surface area contributed by atoms with E-state index in [1.54, 1.807) is 6.92 Å². The zero-order valence-corrected chi connectivity index (χ0v) is 7.56. The van der Waals surface area contributed by atoms with Crippen molar-refractivity contribution >= 4 is 5.97 Å². The highest BCUT2D eigenvalue weighted by Gasteiger charge is 2.56. The quantitative estimate of drug-likeness (QED) is 0.515. The smallest absolute Gasteiger partial charge is 0.338 e. The topological polar surface area (TPSA) is 66.8 Å². The van der Waals surface area contributed by atoms with Crippen LogP contribution in [0.4, 0.5) is 0 Å². The van der Waals surface area contributed by atoms with Gasteiger partial charge in [0.15, 0.2) is 5.60 Å². The van der Waals surface area contributed by atoms with Crippen LogP contribution in [0.5, 0.6) is 0 Å². The molecule has 1 saturated carbocycles. The maximum Gasteiger partial charge on any atom is 0.338 e. The van der Waals surface area contributed by atoms with Crippen LogP contribution >= 0.6 is 0 Å². The molecule has 4 nitrogen and oxygen atoms in total. The molecule has 4 heteroatoms. The number of aliphatic hydroxyl groups excluding tert-OH is 1. The van der Waals surface area contributed by atoms with Crippen molar-refractivity contribution in [2.24, 2.45) is 5.92 Å². The molecule has 4 atom stereocenters. The van der Waals surface area contributed by atoms with Crippen LogP contribution in [-0.4, -0.2) is 34.0 Å². The fourth-order valence-corrected chi connectivity index (χ4v) is 2.37. The normalized spacial score (nSPS) is 50.1. The lowest BCUT2D eigenvalue weighted by Gasteiger charge is -2.36. The van der Waals surface area contributed by atoms with Gasteiger partial charge in [0, 0.05) is 5.92 Å². The van der Waals surface area contributed by atoms with Crippen molar-refractivity contribution in [3.63, 3.8) is 0 Å². The Morgan fingerprint density at radius 3 is 3.00 bits per heavy atom. The van der Waals surface area contributed by atoms with Gasteiger partial charge in [-0.2, -0.15) is 0 Å². The van der Waals surface area contributed by atoms with Gasteiger partial charge in [0.05, 0.1) is 12.2 Å². The molecule has 13 heavy (non-hydrogen) atoms. The Hall–Kier alpha value is -0.610. The molecular formula is C9H14O4. The number of rotatable bonds is 0. The second-order valence-corrected chi connectivity index (χ2v) is 4.09. The van der Waals surface area contributed by atoms with Gasteiger partial charge in [-0.3, -0.25) is 0 Å². The number of carbonyl (C=O) groups excluding carboxylic acids is 1. The van der Waals surface area contributed by atoms with E-state index >= 15 is 0 Å². The van der Waals surface area contributed by atoms with Crippen LogP contribution < -0.4 is 0 Å². The summed E-state index contributed by atoms with van der Waals surface area (Å²) >= 11 is 0. The SMILES string of the molecule is C[C@@H]1C[C@@H]2[C@H](O)CC[C@]2(O)C(=O)O1. The lowest BCUT2D eigenvalue weighted by Crippen LogP contribution is -2.52. The third-order valence-electron chi connectivity index (χ3n) is 3.15. The number of aliphatic hydroxyl groups is 2. The first-order valence-electron chi connectivity index (χ1n) is 4.65. The molecule has 1 saturated heterocycles. The molecule has 74 valence electrons. The van der Waals surface area contributed by atoms with Crippen LogP contribution in [0.3, 0.4) is 0 Å². The number of esters is 1. The minimum absolute atomic E-state index is 0.189. The van der Waals surface area contributed by atoms with Crippen LogP contribution in [0.25, 0.3) is 0 Å². The highest BCUT2D eigenvalue weighted by Crippen LogP contribution is 2.43. The fourth-order valence-electron chi connectivity index (χ4n) is 2.37. The molecule has 1 aliphatic heterocycles. The highest BCUT2D eigenvalue weighted by atomic mass is 16.6. The molecule has 0 aromatic rings. The van der Waals surface area contributed by atoms with E-state index in [9.17, 15) is 15.0 Å². The van der Waals surface area contributed by atoms with Gasteiger partial charge in [-0.05, 0) is 26.2 Å². The molecule has 2 aliphatic rings. The summed E-state index contributed by atoms with van der Waals surface area (Å²) in [5.41, 5.74) is -1.41. The first kappa shape index (κ1) is 8.97. The van der Waals surface area contributed by atoms with E-state index in [2.05, 4.69) is 0 Å². The molecular weight excluding hydrogens is 172 g/mol. The van der Waals surface area contributed by atoms with E-state index < -0.39 is 17.7 Å². The summed E-state index contributed by atoms with van der Waals surface area (Å²) in [7, 11) is 0. The first-order chi connectivity index (χ1) is 6.04. The van der Waals surface area contributed by atoms with Gasteiger partial charge >= 0.3 is 5.97 Å². The summed E-state index contributed by atoms with van der Waals surface area (Å²) in [6, 6.07) is 0. The largest absolute Gasteiger partial charge is 0.461 e. The Kier molecular flexibility index (Phi) is 1.85. The Morgan fingerprint density at radius 2 is 2.31 bits per heavy atom. The summed E-state index contributed by atoms with van der Waals surface area (Å²) in [5, 5.41) is 19.5. The molecule has 0 aromatic heterocycles. The summed E-state index contributed by atoms with van der Waals surface area (Å²) in [5.74, 6) is -0.892. The van der Waals surface area contributed by atoms with Gasteiger partial charge < -0.3 is 14.9 Å². The number of carbonyl (C=O) groups is 1. The van der Waals surface area contributed by atoms with Crippen LogP contribution in [0.1, 0.15) is 26.2 Å². The minimum atomic E-state index is -1.41. The fraction of sp³-hybridized carbons (Fsp3) is 0.889. The monoisotopic (exact) mass is 186 g/mol. The summed E-state index contributed by atoms with van der Waals surface area (Å²) in [4.78, 5) is 11.4. The summed E-state index contributed by atoms with van der Waals surface area (Å²) < 4.78 is 4.95. The van der Waals surface area contributed by atoms with Crippen molar-refractivity contribution in [1.29, 1.82) is 0 Å². The van der Waals surface area contributed by atoms with Crippen LogP contribution in [0.2, 0.25) is 0 Å². The van der Waals surface area contributed by atoms with E-state index in [4.69, 9.17) is 4.74 Å². The molecule has 1 aliphatic carbocycles. The Bertz CT molecular complexity index is 240.